The quantitative estimate of drug-likeness (QED) is 0.805. The third-order valence-corrected chi connectivity index (χ3v) is 5.08. The van der Waals surface area contributed by atoms with Crippen LogP contribution < -0.4 is 4.72 Å². The van der Waals surface area contributed by atoms with Gasteiger partial charge in [-0.05, 0) is 18.1 Å². The van der Waals surface area contributed by atoms with Gasteiger partial charge in [0, 0.05) is 32.0 Å². The summed E-state index contributed by atoms with van der Waals surface area (Å²) in [5.41, 5.74) is 1.03. The van der Waals surface area contributed by atoms with E-state index in [0.29, 0.717) is 26.2 Å². The van der Waals surface area contributed by atoms with Gasteiger partial charge in [-0.2, -0.15) is 0 Å². The Morgan fingerprint density at radius 2 is 2.19 bits per heavy atom. The van der Waals surface area contributed by atoms with Crippen LogP contribution in [-0.4, -0.2) is 56.9 Å². The highest BCUT2D eigenvalue weighted by molar-refractivity contribution is 7.89. The van der Waals surface area contributed by atoms with Crippen LogP contribution in [-0.2, 0) is 14.8 Å². The molecule has 118 valence electrons. The summed E-state index contributed by atoms with van der Waals surface area (Å²) in [6.07, 6.45) is 4.14. The fraction of sp³-hybridized carbons (Fsp3) is 0.643. The Hall–Kier alpha value is -1.02. The summed E-state index contributed by atoms with van der Waals surface area (Å²) in [5, 5.41) is 0. The summed E-state index contributed by atoms with van der Waals surface area (Å²) in [7, 11) is -3.20. The number of morpholine rings is 1. The van der Waals surface area contributed by atoms with Gasteiger partial charge in [-0.15, -0.1) is 0 Å². The Bertz CT molecular complexity index is 516. The van der Waals surface area contributed by atoms with Gasteiger partial charge >= 0.3 is 0 Å². The predicted octanol–water partition coefficient (Wildman–Crippen LogP) is 0.784. The highest BCUT2D eigenvalue weighted by atomic mass is 32.2. The van der Waals surface area contributed by atoms with E-state index in [1.807, 2.05) is 19.1 Å². The second-order valence-corrected chi connectivity index (χ2v) is 7.04. The molecule has 7 heteroatoms. The summed E-state index contributed by atoms with van der Waals surface area (Å²) in [5.74, 6) is 0.163. The molecule has 2 heterocycles. The summed E-state index contributed by atoms with van der Waals surface area (Å²) < 4.78 is 31.8. The lowest BCUT2D eigenvalue weighted by Crippen LogP contribution is -2.44. The number of hydrogen-bond donors (Lipinski definition) is 1. The van der Waals surface area contributed by atoms with Crippen molar-refractivity contribution in [3.05, 3.63) is 30.1 Å². The Labute approximate surface area is 126 Å². The first-order valence-electron chi connectivity index (χ1n) is 7.31. The minimum absolute atomic E-state index is 0.00534. The number of pyridine rings is 1. The lowest BCUT2D eigenvalue weighted by Gasteiger charge is -2.34. The zero-order valence-electron chi connectivity index (χ0n) is 12.4. The summed E-state index contributed by atoms with van der Waals surface area (Å²) in [6, 6.07) is 3.86. The van der Waals surface area contributed by atoms with Crippen LogP contribution in [0.25, 0.3) is 0 Å². The van der Waals surface area contributed by atoms with E-state index >= 15 is 0 Å². The highest BCUT2D eigenvalue weighted by Crippen LogP contribution is 2.20. The second-order valence-electron chi connectivity index (χ2n) is 5.12. The van der Waals surface area contributed by atoms with Gasteiger partial charge in [0.05, 0.1) is 25.0 Å². The van der Waals surface area contributed by atoms with Gasteiger partial charge in [0.15, 0.2) is 0 Å². The highest BCUT2D eigenvalue weighted by Gasteiger charge is 2.24. The van der Waals surface area contributed by atoms with Crippen molar-refractivity contribution >= 4 is 10.0 Å². The largest absolute Gasteiger partial charge is 0.379 e. The number of nitrogens with one attached hydrogen (secondary N) is 1. The van der Waals surface area contributed by atoms with E-state index in [1.54, 1.807) is 12.4 Å². The molecule has 0 bridgehead atoms. The molecule has 1 atom stereocenters. The molecule has 1 N–H and O–H groups in total. The zero-order chi connectivity index (χ0) is 15.1. The average Bonchev–Trinajstić information content (AvgIpc) is 2.49. The van der Waals surface area contributed by atoms with E-state index in [1.165, 1.54) is 0 Å². The molecule has 1 saturated heterocycles. The number of hydrogen-bond acceptors (Lipinski definition) is 5. The average molecular weight is 313 g/mol. The minimum atomic E-state index is -3.20. The fourth-order valence-corrected chi connectivity index (χ4v) is 3.56. The number of aromatic nitrogens is 1. The first kappa shape index (κ1) is 16.4. The third kappa shape index (κ3) is 5.03. The molecule has 0 spiro atoms. The van der Waals surface area contributed by atoms with Crippen molar-refractivity contribution in [2.24, 2.45) is 0 Å². The smallest absolute Gasteiger partial charge is 0.211 e. The van der Waals surface area contributed by atoms with Crippen LogP contribution in [0.15, 0.2) is 24.5 Å². The molecule has 0 radical (unpaired) electrons. The standard InChI is InChI=1S/C14H23N3O3S/c1-2-10-21(18,19)16-12-14(13-4-3-5-15-11-13)17-6-8-20-9-7-17/h3-5,11,14,16H,2,6-10,12H2,1H3. The molecule has 6 nitrogen and oxygen atoms in total. The van der Waals surface area contributed by atoms with Gasteiger partial charge in [-0.3, -0.25) is 9.88 Å². The van der Waals surface area contributed by atoms with Gasteiger partial charge in [0.2, 0.25) is 10.0 Å². The van der Waals surface area contributed by atoms with Crippen molar-refractivity contribution < 1.29 is 13.2 Å². The Morgan fingerprint density at radius 3 is 2.81 bits per heavy atom. The predicted molar refractivity (Wildman–Crippen MR) is 81.5 cm³/mol. The van der Waals surface area contributed by atoms with Crippen molar-refractivity contribution in [2.45, 2.75) is 19.4 Å². The lowest BCUT2D eigenvalue weighted by atomic mass is 10.1. The Kier molecular flexibility index (Phi) is 6.10. The van der Waals surface area contributed by atoms with Crippen LogP contribution in [0.1, 0.15) is 24.9 Å². The number of sulfonamides is 1. The molecule has 1 aromatic heterocycles. The fourth-order valence-electron chi connectivity index (χ4n) is 2.47. The molecular formula is C14H23N3O3S. The SMILES string of the molecule is CCCS(=O)(=O)NCC(c1cccnc1)N1CCOCC1. The molecule has 0 saturated carbocycles. The van der Waals surface area contributed by atoms with Crippen molar-refractivity contribution in [3.8, 4) is 0 Å². The van der Waals surface area contributed by atoms with Crippen molar-refractivity contribution in [1.82, 2.24) is 14.6 Å². The molecule has 1 aromatic rings. The van der Waals surface area contributed by atoms with Crippen LogP contribution in [0, 0.1) is 0 Å². The molecule has 21 heavy (non-hydrogen) atoms. The second kappa shape index (κ2) is 7.84. The van der Waals surface area contributed by atoms with E-state index < -0.39 is 10.0 Å². The van der Waals surface area contributed by atoms with Crippen molar-refractivity contribution in [2.75, 3.05) is 38.6 Å². The summed E-state index contributed by atoms with van der Waals surface area (Å²) in [6.45, 7) is 5.19. The van der Waals surface area contributed by atoms with Crippen LogP contribution in [0.2, 0.25) is 0 Å². The first-order valence-corrected chi connectivity index (χ1v) is 8.96. The minimum Gasteiger partial charge on any atom is -0.379 e. The summed E-state index contributed by atoms with van der Waals surface area (Å²) >= 11 is 0. The summed E-state index contributed by atoms with van der Waals surface area (Å²) in [4.78, 5) is 6.39. The molecule has 1 unspecified atom stereocenters. The van der Waals surface area contributed by atoms with Crippen LogP contribution in [0.3, 0.4) is 0 Å². The van der Waals surface area contributed by atoms with Gasteiger partial charge in [-0.25, -0.2) is 13.1 Å². The number of ether oxygens (including phenoxy) is 1. The van der Waals surface area contributed by atoms with Crippen LogP contribution in [0.4, 0.5) is 0 Å². The van der Waals surface area contributed by atoms with E-state index in [4.69, 9.17) is 4.74 Å². The molecule has 1 fully saturated rings. The van der Waals surface area contributed by atoms with Gasteiger partial charge in [-0.1, -0.05) is 13.0 Å². The van der Waals surface area contributed by atoms with Crippen molar-refractivity contribution in [1.29, 1.82) is 0 Å². The van der Waals surface area contributed by atoms with E-state index in [9.17, 15) is 8.42 Å². The lowest BCUT2D eigenvalue weighted by molar-refractivity contribution is 0.0171. The van der Waals surface area contributed by atoms with Gasteiger partial charge < -0.3 is 4.74 Å². The van der Waals surface area contributed by atoms with Crippen LogP contribution >= 0.6 is 0 Å². The van der Waals surface area contributed by atoms with E-state index in [-0.39, 0.29) is 11.8 Å². The molecule has 1 aliphatic heterocycles. The molecule has 2 rings (SSSR count). The maximum Gasteiger partial charge on any atom is 0.211 e. The topological polar surface area (TPSA) is 71.5 Å². The third-order valence-electron chi connectivity index (χ3n) is 3.53. The monoisotopic (exact) mass is 313 g/mol. The maximum absolute atomic E-state index is 11.9. The van der Waals surface area contributed by atoms with Gasteiger partial charge in [0.1, 0.15) is 0 Å². The number of nitrogens with zero attached hydrogens (tertiary/aromatic N) is 2. The molecule has 0 aliphatic carbocycles. The van der Waals surface area contributed by atoms with E-state index in [2.05, 4.69) is 14.6 Å². The zero-order valence-corrected chi connectivity index (χ0v) is 13.2. The number of rotatable bonds is 7. The molecular weight excluding hydrogens is 290 g/mol. The van der Waals surface area contributed by atoms with Crippen LogP contribution in [0.5, 0.6) is 0 Å². The first-order chi connectivity index (χ1) is 10.1. The molecule has 1 aliphatic rings. The van der Waals surface area contributed by atoms with Crippen molar-refractivity contribution in [3.63, 3.8) is 0 Å². The normalized spacial score (nSPS) is 18.5. The maximum atomic E-state index is 11.9. The Morgan fingerprint density at radius 1 is 1.43 bits per heavy atom. The molecule has 0 amide bonds. The van der Waals surface area contributed by atoms with E-state index in [0.717, 1.165) is 18.7 Å². The van der Waals surface area contributed by atoms with Gasteiger partial charge in [0.25, 0.3) is 0 Å². The Balaban J connectivity index is 2.09. The molecule has 0 aromatic carbocycles.